The van der Waals surface area contributed by atoms with Gasteiger partial charge in [-0.2, -0.15) is 0 Å². The molecule has 20 heavy (non-hydrogen) atoms. The van der Waals surface area contributed by atoms with Crippen LogP contribution in [0, 0.1) is 0 Å². The molecule has 6 heteroatoms. The average Bonchev–Trinajstić information content (AvgIpc) is 2.24. The Morgan fingerprint density at radius 1 is 1.30 bits per heavy atom. The molecule has 0 aliphatic heterocycles. The second-order valence-corrected chi connectivity index (χ2v) is 14.4. The summed E-state index contributed by atoms with van der Waals surface area (Å²) in [6.07, 6.45) is 0.533. The van der Waals surface area contributed by atoms with Crippen molar-refractivity contribution in [2.75, 3.05) is 19.8 Å². The molecule has 0 saturated heterocycles. The van der Waals surface area contributed by atoms with Crippen LogP contribution >= 0.6 is 0 Å². The lowest BCUT2D eigenvalue weighted by Gasteiger charge is -2.35. The van der Waals surface area contributed by atoms with Crippen molar-refractivity contribution in [1.29, 1.82) is 0 Å². The second-order valence-electron chi connectivity index (χ2n) is 7.18. The van der Waals surface area contributed by atoms with E-state index in [1.807, 2.05) is 0 Å². The molecule has 1 radical (unpaired) electrons. The van der Waals surface area contributed by atoms with Crippen LogP contribution in [0.4, 0.5) is 0 Å². The maximum Gasteiger partial charge on any atom is 0.205 e. The van der Waals surface area contributed by atoms with Gasteiger partial charge in [-0.05, 0) is 39.4 Å². The normalized spacial score (nSPS) is 14.8. The van der Waals surface area contributed by atoms with E-state index in [0.717, 1.165) is 6.42 Å². The van der Waals surface area contributed by atoms with Gasteiger partial charge in [0.15, 0.2) is 0 Å². The fourth-order valence-corrected chi connectivity index (χ4v) is 7.75. The van der Waals surface area contributed by atoms with Crippen molar-refractivity contribution in [2.24, 2.45) is 5.73 Å². The molecule has 0 aromatic rings. The summed E-state index contributed by atoms with van der Waals surface area (Å²) in [4.78, 5) is 0. The van der Waals surface area contributed by atoms with Crippen LogP contribution in [0.25, 0.3) is 0 Å². The fourth-order valence-electron chi connectivity index (χ4n) is 2.77. The zero-order valence-electron chi connectivity index (χ0n) is 14.2. The molecule has 3 N–H and O–H groups in total. The van der Waals surface area contributed by atoms with Gasteiger partial charge in [0.25, 0.3) is 0 Å². The fraction of sp³-hybridized carbons (Fsp3) is 1.00. The molecule has 0 fully saturated rings. The maximum atomic E-state index is 9.30. The highest BCUT2D eigenvalue weighted by Gasteiger charge is 2.31. The minimum absolute atomic E-state index is 0.00409. The topological polar surface area (TPSA) is 64.7 Å². The van der Waals surface area contributed by atoms with Gasteiger partial charge in [0.05, 0.1) is 20.8 Å². The first-order valence-electron chi connectivity index (χ1n) is 7.53. The Hall–Kier alpha value is 0.274. The summed E-state index contributed by atoms with van der Waals surface area (Å²) < 4.78 is 11.5. The van der Waals surface area contributed by atoms with Crippen molar-refractivity contribution < 1.29 is 14.3 Å². The predicted octanol–water partition coefficient (Wildman–Crippen LogP) is 2.47. The molecule has 0 bridgehead atoms. The third kappa shape index (κ3) is 11.0. The molecule has 121 valence electrons. The number of aliphatic hydroxyl groups is 1. The first kappa shape index (κ1) is 20.3. The van der Waals surface area contributed by atoms with E-state index in [1.54, 1.807) is 0 Å². The van der Waals surface area contributed by atoms with E-state index in [2.05, 4.69) is 40.0 Å². The van der Waals surface area contributed by atoms with Gasteiger partial charge < -0.3 is 20.0 Å². The third-order valence-corrected chi connectivity index (χ3v) is 7.59. The number of aliphatic hydroxyl groups excluding tert-OH is 1. The number of rotatable bonds is 11. The van der Waals surface area contributed by atoms with Crippen molar-refractivity contribution in [3.8, 4) is 0 Å². The lowest BCUT2D eigenvalue weighted by Crippen LogP contribution is -2.40. The predicted molar refractivity (Wildman–Crippen MR) is 90.2 cm³/mol. The largest absolute Gasteiger partial charge is 0.413 e. The van der Waals surface area contributed by atoms with Gasteiger partial charge in [0, 0.05) is 18.8 Å². The number of hydrogen-bond acceptors (Lipinski definition) is 4. The Morgan fingerprint density at radius 2 is 1.90 bits per heavy atom. The lowest BCUT2D eigenvalue weighted by molar-refractivity contribution is 0.0415. The van der Waals surface area contributed by atoms with Crippen LogP contribution in [0.5, 0.6) is 0 Å². The molecular weight excluding hydrogens is 286 g/mol. The minimum Gasteiger partial charge on any atom is -0.413 e. The first-order chi connectivity index (χ1) is 9.08. The highest BCUT2D eigenvalue weighted by Crippen LogP contribution is 2.28. The van der Waals surface area contributed by atoms with E-state index in [9.17, 15) is 5.11 Å². The van der Waals surface area contributed by atoms with Crippen molar-refractivity contribution in [3.05, 3.63) is 0 Å². The number of nitrogens with two attached hydrogens (primary N) is 1. The highest BCUT2D eigenvalue weighted by molar-refractivity contribution is 6.77. The van der Waals surface area contributed by atoms with E-state index in [4.69, 9.17) is 14.9 Å². The summed E-state index contributed by atoms with van der Waals surface area (Å²) in [6.45, 7) is 15.0. The molecule has 0 spiro atoms. The van der Waals surface area contributed by atoms with Crippen molar-refractivity contribution in [2.45, 2.75) is 70.2 Å². The van der Waals surface area contributed by atoms with Gasteiger partial charge in [-0.25, -0.2) is 0 Å². The molecule has 0 amide bonds. The van der Waals surface area contributed by atoms with Gasteiger partial charge in [-0.3, -0.25) is 0 Å². The highest BCUT2D eigenvalue weighted by atomic mass is 28.3. The Bertz CT molecular complexity index is 261. The smallest absolute Gasteiger partial charge is 0.205 e. The van der Waals surface area contributed by atoms with E-state index >= 15 is 0 Å². The number of hydrogen-bond donors (Lipinski definition) is 2. The molecule has 0 saturated carbocycles. The summed E-state index contributed by atoms with van der Waals surface area (Å²) >= 11 is 0. The molecule has 0 rings (SSSR count). The Morgan fingerprint density at radius 3 is 2.40 bits per heavy atom. The Labute approximate surface area is 127 Å². The maximum absolute atomic E-state index is 9.30. The zero-order valence-corrected chi connectivity index (χ0v) is 16.2. The van der Waals surface area contributed by atoms with E-state index < -0.39 is 23.2 Å². The Kier molecular flexibility index (Phi) is 9.45. The third-order valence-electron chi connectivity index (χ3n) is 3.11. The van der Waals surface area contributed by atoms with Crippen molar-refractivity contribution >= 4 is 17.1 Å². The van der Waals surface area contributed by atoms with E-state index in [1.165, 1.54) is 12.1 Å². The second kappa shape index (κ2) is 9.32. The zero-order chi connectivity index (χ0) is 15.8. The van der Waals surface area contributed by atoms with Crippen LogP contribution in [0.15, 0.2) is 0 Å². The van der Waals surface area contributed by atoms with Crippen LogP contribution in [-0.4, -0.2) is 53.7 Å². The molecule has 1 unspecified atom stereocenters. The SMILES string of the molecule is C[Si](C)OC(C)(C)C[Si](C)(C)CCCOCC(O)CN. The summed E-state index contributed by atoms with van der Waals surface area (Å²) in [5.74, 6) is 0. The van der Waals surface area contributed by atoms with Crippen LogP contribution in [0.3, 0.4) is 0 Å². The first-order valence-corrected chi connectivity index (χ1v) is 13.4. The quantitative estimate of drug-likeness (QED) is 0.453. The van der Waals surface area contributed by atoms with Crippen LogP contribution in [0.1, 0.15) is 20.3 Å². The van der Waals surface area contributed by atoms with E-state index in [0.29, 0.717) is 13.2 Å². The summed E-state index contributed by atoms with van der Waals surface area (Å²) in [5, 5.41) is 9.30. The van der Waals surface area contributed by atoms with Crippen molar-refractivity contribution in [3.63, 3.8) is 0 Å². The summed E-state index contributed by atoms with van der Waals surface area (Å²) in [5.41, 5.74) is 5.33. The molecule has 0 aliphatic carbocycles. The lowest BCUT2D eigenvalue weighted by atomic mass is 10.2. The van der Waals surface area contributed by atoms with Crippen LogP contribution < -0.4 is 5.73 Å². The molecule has 0 heterocycles. The standard InChI is InChI=1S/C14H34NO3Si2/c1-14(2,18-19(3)4)12-20(5,6)9-7-8-17-11-13(16)10-15/h13,16H,7-12,15H2,1-6H3. The molecular formula is C14H34NO3Si2. The summed E-state index contributed by atoms with van der Waals surface area (Å²) in [7, 11) is -1.91. The molecule has 4 nitrogen and oxygen atoms in total. The van der Waals surface area contributed by atoms with Gasteiger partial charge in [-0.1, -0.05) is 19.1 Å². The van der Waals surface area contributed by atoms with Gasteiger partial charge in [0.1, 0.15) is 0 Å². The Balaban J connectivity index is 3.95. The molecule has 1 atom stereocenters. The van der Waals surface area contributed by atoms with Crippen LogP contribution in [0.2, 0.25) is 38.3 Å². The molecule has 0 aliphatic rings. The van der Waals surface area contributed by atoms with E-state index in [-0.39, 0.29) is 12.1 Å². The molecule has 0 aromatic carbocycles. The molecule has 0 aromatic heterocycles. The van der Waals surface area contributed by atoms with Gasteiger partial charge in [-0.15, -0.1) is 0 Å². The van der Waals surface area contributed by atoms with Gasteiger partial charge >= 0.3 is 0 Å². The van der Waals surface area contributed by atoms with Crippen molar-refractivity contribution in [1.82, 2.24) is 0 Å². The summed E-state index contributed by atoms with van der Waals surface area (Å²) in [6, 6.07) is 2.41. The van der Waals surface area contributed by atoms with Crippen LogP contribution in [-0.2, 0) is 9.16 Å². The number of ether oxygens (including phenoxy) is 1. The average molecular weight is 321 g/mol. The van der Waals surface area contributed by atoms with Gasteiger partial charge in [0.2, 0.25) is 9.04 Å². The minimum atomic E-state index is -1.27. The monoisotopic (exact) mass is 320 g/mol.